The number of nitrogens with zero attached hydrogens (tertiary/aromatic N) is 1. The van der Waals surface area contributed by atoms with E-state index < -0.39 is 12.8 Å². The molecule has 1 fully saturated rings. The monoisotopic (exact) mass is 288 g/mol. The van der Waals surface area contributed by atoms with Crippen molar-refractivity contribution in [3.8, 4) is 0 Å². The second-order valence-corrected chi connectivity index (χ2v) is 5.08. The van der Waals surface area contributed by atoms with Gasteiger partial charge in [0.2, 0.25) is 0 Å². The summed E-state index contributed by atoms with van der Waals surface area (Å²) in [5.74, 6) is 0. The van der Waals surface area contributed by atoms with Gasteiger partial charge in [0.15, 0.2) is 6.61 Å². The number of piperidine rings is 1. The second-order valence-electron chi connectivity index (χ2n) is 5.08. The van der Waals surface area contributed by atoms with Gasteiger partial charge in [-0.25, -0.2) is 0 Å². The molecule has 1 aromatic carbocycles. The maximum atomic E-state index is 12.0. The largest absolute Gasteiger partial charge is 0.413 e. The van der Waals surface area contributed by atoms with E-state index in [1.165, 1.54) is 5.56 Å². The van der Waals surface area contributed by atoms with Gasteiger partial charge in [0, 0.05) is 19.1 Å². The van der Waals surface area contributed by atoms with Crippen LogP contribution in [0.25, 0.3) is 0 Å². The van der Waals surface area contributed by atoms with Crippen LogP contribution in [0.1, 0.15) is 18.4 Å². The minimum Gasteiger partial charge on any atom is -0.297 e. The van der Waals surface area contributed by atoms with E-state index in [-0.39, 0.29) is 6.04 Å². The third-order valence-corrected chi connectivity index (χ3v) is 3.24. The van der Waals surface area contributed by atoms with E-state index in [9.17, 15) is 13.2 Å². The number of alkyl halides is 3. The van der Waals surface area contributed by atoms with Crippen molar-refractivity contribution in [1.82, 2.24) is 10.4 Å². The molecule has 0 amide bonds. The zero-order valence-corrected chi connectivity index (χ0v) is 11.2. The van der Waals surface area contributed by atoms with Crippen LogP contribution in [0.4, 0.5) is 13.2 Å². The predicted molar refractivity (Wildman–Crippen MR) is 69.9 cm³/mol. The topological polar surface area (TPSA) is 24.5 Å². The average Bonchev–Trinajstić information content (AvgIpc) is 2.39. The predicted octanol–water partition coefficient (Wildman–Crippen LogP) is 2.73. The van der Waals surface area contributed by atoms with Crippen molar-refractivity contribution in [2.24, 2.45) is 0 Å². The highest BCUT2D eigenvalue weighted by Gasteiger charge is 2.29. The molecule has 0 radical (unpaired) electrons. The first-order valence-corrected chi connectivity index (χ1v) is 6.73. The SMILES string of the molecule is FC(F)(F)CONC1CCCN(Cc2ccccc2)C1. The lowest BCUT2D eigenvalue weighted by Crippen LogP contribution is -2.46. The van der Waals surface area contributed by atoms with Gasteiger partial charge >= 0.3 is 6.18 Å². The summed E-state index contributed by atoms with van der Waals surface area (Å²) in [6.07, 6.45) is -2.49. The molecular weight excluding hydrogens is 269 g/mol. The molecule has 1 heterocycles. The summed E-state index contributed by atoms with van der Waals surface area (Å²) in [6.45, 7) is 1.24. The number of hydroxylamine groups is 1. The molecule has 6 heteroatoms. The Bertz CT molecular complexity index is 397. The minimum absolute atomic E-state index is 0.0465. The van der Waals surface area contributed by atoms with Crippen molar-refractivity contribution in [1.29, 1.82) is 0 Å². The smallest absolute Gasteiger partial charge is 0.297 e. The first kappa shape index (κ1) is 15.3. The van der Waals surface area contributed by atoms with Crippen molar-refractivity contribution < 1.29 is 18.0 Å². The molecule has 1 aliphatic rings. The Labute approximate surface area is 116 Å². The number of rotatable bonds is 5. The van der Waals surface area contributed by atoms with Crippen LogP contribution < -0.4 is 5.48 Å². The number of hydrogen-bond donors (Lipinski definition) is 1. The summed E-state index contributed by atoms with van der Waals surface area (Å²) in [6, 6.07) is 10.0. The molecule has 0 bridgehead atoms. The third kappa shape index (κ3) is 5.48. The molecule has 1 N–H and O–H groups in total. The van der Waals surface area contributed by atoms with Gasteiger partial charge in [-0.05, 0) is 24.9 Å². The summed E-state index contributed by atoms with van der Waals surface area (Å²) in [5, 5.41) is 0. The van der Waals surface area contributed by atoms with Gasteiger partial charge in [-0.15, -0.1) is 0 Å². The summed E-state index contributed by atoms with van der Waals surface area (Å²) in [5.41, 5.74) is 3.74. The van der Waals surface area contributed by atoms with Crippen molar-refractivity contribution in [3.05, 3.63) is 35.9 Å². The van der Waals surface area contributed by atoms with Crippen LogP contribution in [-0.2, 0) is 11.4 Å². The number of halogens is 3. The third-order valence-electron chi connectivity index (χ3n) is 3.24. The first-order valence-electron chi connectivity index (χ1n) is 6.73. The molecule has 0 aromatic heterocycles. The maximum Gasteiger partial charge on any atom is 0.413 e. The van der Waals surface area contributed by atoms with E-state index in [1.54, 1.807) is 0 Å². The molecule has 0 spiro atoms. The lowest BCUT2D eigenvalue weighted by Gasteiger charge is -2.32. The Kier molecular flexibility index (Phi) is 5.39. The quantitative estimate of drug-likeness (QED) is 0.843. The summed E-state index contributed by atoms with van der Waals surface area (Å²) < 4.78 is 36.0. The van der Waals surface area contributed by atoms with Crippen molar-refractivity contribution in [2.45, 2.75) is 31.6 Å². The molecule has 2 rings (SSSR count). The molecule has 1 aromatic rings. The number of likely N-dealkylation sites (tertiary alicyclic amines) is 1. The molecule has 0 aliphatic carbocycles. The minimum atomic E-state index is -4.29. The molecule has 112 valence electrons. The van der Waals surface area contributed by atoms with Gasteiger partial charge in [0.25, 0.3) is 0 Å². The lowest BCUT2D eigenvalue weighted by atomic mass is 10.1. The second kappa shape index (κ2) is 7.06. The maximum absolute atomic E-state index is 12.0. The van der Waals surface area contributed by atoms with Crippen LogP contribution in [0.3, 0.4) is 0 Å². The Morgan fingerprint density at radius 1 is 1.25 bits per heavy atom. The van der Waals surface area contributed by atoms with Crippen LogP contribution in [-0.4, -0.2) is 36.8 Å². The normalized spacial score (nSPS) is 21.1. The van der Waals surface area contributed by atoms with Crippen molar-refractivity contribution >= 4 is 0 Å². The van der Waals surface area contributed by atoms with E-state index in [2.05, 4.69) is 27.4 Å². The Hall–Kier alpha value is -1.11. The fraction of sp³-hybridized carbons (Fsp3) is 0.571. The standard InChI is InChI=1S/C14H19F3N2O/c15-14(16,17)11-20-18-13-7-4-8-19(10-13)9-12-5-2-1-3-6-12/h1-3,5-6,13,18H,4,7-11H2. The Morgan fingerprint density at radius 2 is 2.00 bits per heavy atom. The van der Waals surface area contributed by atoms with E-state index in [4.69, 9.17) is 0 Å². The van der Waals surface area contributed by atoms with E-state index in [0.717, 1.165) is 25.9 Å². The van der Waals surface area contributed by atoms with E-state index in [1.807, 2.05) is 18.2 Å². The van der Waals surface area contributed by atoms with Crippen LogP contribution >= 0.6 is 0 Å². The number of nitrogens with one attached hydrogen (secondary N) is 1. The Morgan fingerprint density at radius 3 is 2.70 bits per heavy atom. The Balaban J connectivity index is 1.74. The summed E-state index contributed by atoms with van der Waals surface area (Å²) >= 11 is 0. The highest BCUT2D eigenvalue weighted by Crippen LogP contribution is 2.16. The number of hydrogen-bond acceptors (Lipinski definition) is 3. The fourth-order valence-electron chi connectivity index (χ4n) is 2.38. The summed E-state index contributed by atoms with van der Waals surface area (Å²) in [7, 11) is 0. The van der Waals surface area contributed by atoms with Crippen LogP contribution in [0.5, 0.6) is 0 Å². The number of benzene rings is 1. The highest BCUT2D eigenvalue weighted by atomic mass is 19.4. The molecule has 20 heavy (non-hydrogen) atoms. The molecule has 3 nitrogen and oxygen atoms in total. The van der Waals surface area contributed by atoms with Crippen LogP contribution in [0.2, 0.25) is 0 Å². The zero-order chi connectivity index (χ0) is 14.4. The average molecular weight is 288 g/mol. The van der Waals surface area contributed by atoms with Gasteiger partial charge < -0.3 is 0 Å². The molecular formula is C14H19F3N2O. The van der Waals surface area contributed by atoms with Gasteiger partial charge in [0.1, 0.15) is 0 Å². The van der Waals surface area contributed by atoms with Crippen molar-refractivity contribution in [3.63, 3.8) is 0 Å². The summed E-state index contributed by atoms with van der Waals surface area (Å²) in [4.78, 5) is 6.76. The molecule has 1 saturated heterocycles. The zero-order valence-electron chi connectivity index (χ0n) is 11.2. The van der Waals surface area contributed by atoms with E-state index in [0.29, 0.717) is 6.54 Å². The lowest BCUT2D eigenvalue weighted by molar-refractivity contribution is -0.194. The molecule has 1 atom stereocenters. The van der Waals surface area contributed by atoms with Crippen LogP contribution in [0, 0.1) is 0 Å². The molecule has 1 unspecified atom stereocenters. The van der Waals surface area contributed by atoms with Gasteiger partial charge in [0.05, 0.1) is 0 Å². The molecule has 0 saturated carbocycles. The van der Waals surface area contributed by atoms with Gasteiger partial charge in [-0.2, -0.15) is 18.7 Å². The van der Waals surface area contributed by atoms with Crippen LogP contribution in [0.15, 0.2) is 30.3 Å². The molecule has 1 aliphatic heterocycles. The fourth-order valence-corrected chi connectivity index (χ4v) is 2.38. The highest BCUT2D eigenvalue weighted by molar-refractivity contribution is 5.14. The van der Waals surface area contributed by atoms with Crippen molar-refractivity contribution in [2.75, 3.05) is 19.7 Å². The first-order chi connectivity index (χ1) is 9.53. The van der Waals surface area contributed by atoms with Gasteiger partial charge in [-0.1, -0.05) is 30.3 Å². The van der Waals surface area contributed by atoms with E-state index >= 15 is 0 Å². The van der Waals surface area contributed by atoms with Gasteiger partial charge in [-0.3, -0.25) is 9.74 Å².